The summed E-state index contributed by atoms with van der Waals surface area (Å²) in [6.45, 7) is 0. The molecule has 22 rings (SSSR count). The predicted octanol–water partition coefficient (Wildman–Crippen LogP) is 27.0. The molecule has 0 aliphatic carbocycles. The van der Waals surface area contributed by atoms with E-state index < -0.39 is 0 Å². The van der Waals surface area contributed by atoms with E-state index in [0.29, 0.717) is 0 Å². The van der Waals surface area contributed by atoms with E-state index in [2.05, 4.69) is 407 Å². The number of para-hydroxylation sites is 6. The van der Waals surface area contributed by atoms with Crippen molar-refractivity contribution >= 4 is 130 Å². The van der Waals surface area contributed by atoms with Gasteiger partial charge in [0.15, 0.2) is 0 Å². The Morgan fingerprint density at radius 1 is 0.135 bits per heavy atom. The highest BCUT2D eigenvalue weighted by Crippen LogP contribution is 2.44. The molecule has 0 aliphatic rings. The Morgan fingerprint density at radius 2 is 0.462 bits per heavy atom. The molecule has 18 aromatic carbocycles. The molecule has 0 saturated heterocycles. The van der Waals surface area contributed by atoms with Crippen LogP contribution in [-0.2, 0) is 0 Å². The van der Waals surface area contributed by atoms with Crippen LogP contribution in [0.3, 0.4) is 0 Å². The summed E-state index contributed by atoms with van der Waals surface area (Å²) in [6, 6.07) is 142. The third kappa shape index (κ3) is 9.54. The van der Waals surface area contributed by atoms with Gasteiger partial charge in [-0.3, -0.25) is 0 Å². The highest BCUT2D eigenvalue weighted by atomic mass is 15.0. The van der Waals surface area contributed by atoms with Gasteiger partial charge in [-0.15, -0.1) is 0 Å². The molecule has 22 aromatic rings. The fraction of sp³-hybridized carbons (Fsp3) is 0. The fourth-order valence-corrected chi connectivity index (χ4v) is 17.0. The summed E-state index contributed by atoms with van der Waals surface area (Å²) in [6.07, 6.45) is 0. The lowest BCUT2D eigenvalue weighted by Crippen LogP contribution is -1.96. The Bertz CT molecular complexity index is 7220. The molecule has 0 amide bonds. The van der Waals surface area contributed by atoms with Crippen molar-refractivity contribution in [2.75, 3.05) is 0 Å². The number of hydrogen-bond acceptors (Lipinski definition) is 0. The van der Waals surface area contributed by atoms with Crippen LogP contribution in [0, 0.1) is 0 Å². The van der Waals surface area contributed by atoms with E-state index in [1.807, 2.05) is 0 Å². The molecule has 0 N–H and O–H groups in total. The maximum absolute atomic E-state index is 2.46. The number of benzene rings is 18. The molecule has 0 spiro atoms. The molecular formula is C100H64N4. The summed E-state index contributed by atoms with van der Waals surface area (Å²) in [5.41, 5.74) is 24.3. The van der Waals surface area contributed by atoms with Crippen LogP contribution in [0.5, 0.6) is 0 Å². The van der Waals surface area contributed by atoms with E-state index in [-0.39, 0.29) is 0 Å². The standard InChI is InChI=1S/2C50H32N2/c1-2-13-39(14-3-1)51-47-19-8-6-16-43(47)45-31-36(24-27-49(45)51)37-25-28-50-46(32-37)44-17-7-9-20-48(44)52(50)40-26-23-34-29-38(22-21-35(34)30-40)42-18-10-12-33-11-4-5-15-41(33)42;1-2-14-38(15-3-1)51-46-20-10-8-18-42(46)44-31-35(24-27-49(44)51)36-25-28-50-45(32-36)43-19-9-11-21-47(43)52(50)48-29-26-39(40-16-6-7-17-41(40)48)37-23-22-33-12-4-5-13-34(33)30-37/h2*1-32H. The molecule has 4 nitrogen and oxygen atoms in total. The summed E-state index contributed by atoms with van der Waals surface area (Å²) in [4.78, 5) is 0. The van der Waals surface area contributed by atoms with Crippen molar-refractivity contribution in [3.63, 3.8) is 0 Å². The minimum atomic E-state index is 1.17. The van der Waals surface area contributed by atoms with Crippen LogP contribution < -0.4 is 0 Å². The monoisotopic (exact) mass is 1320 g/mol. The summed E-state index contributed by atoms with van der Waals surface area (Å²) in [5, 5.41) is 20.1. The minimum absolute atomic E-state index is 1.17. The molecule has 4 heterocycles. The number of rotatable bonds is 8. The van der Waals surface area contributed by atoms with E-state index in [9.17, 15) is 0 Å². The number of fused-ring (bicyclic) bond motifs is 16. The second kappa shape index (κ2) is 24.0. The Balaban J connectivity index is 0.000000134. The Kier molecular flexibility index (Phi) is 13.6. The van der Waals surface area contributed by atoms with E-state index in [0.717, 1.165) is 0 Å². The van der Waals surface area contributed by atoms with Gasteiger partial charge in [-0.1, -0.05) is 261 Å². The van der Waals surface area contributed by atoms with E-state index in [1.165, 1.54) is 198 Å². The lowest BCUT2D eigenvalue weighted by Gasteiger charge is -2.15. The smallest absolute Gasteiger partial charge is 0.0541 e. The summed E-state index contributed by atoms with van der Waals surface area (Å²) < 4.78 is 9.63. The average molecular weight is 1320 g/mol. The zero-order valence-electron chi connectivity index (χ0n) is 56.7. The fourth-order valence-electron chi connectivity index (χ4n) is 17.0. The highest BCUT2D eigenvalue weighted by Gasteiger charge is 2.21. The van der Waals surface area contributed by atoms with E-state index in [1.54, 1.807) is 0 Å². The largest absolute Gasteiger partial charge is 0.309 e. The molecule has 0 aliphatic heterocycles. The van der Waals surface area contributed by atoms with Crippen molar-refractivity contribution in [1.82, 2.24) is 18.3 Å². The predicted molar refractivity (Wildman–Crippen MR) is 442 cm³/mol. The second-order valence-electron chi connectivity index (χ2n) is 27.5. The molecule has 0 unspecified atom stereocenters. The topological polar surface area (TPSA) is 19.7 Å². The molecule has 0 fully saturated rings. The first kappa shape index (κ1) is 59.1. The van der Waals surface area contributed by atoms with Crippen molar-refractivity contribution in [1.29, 1.82) is 0 Å². The van der Waals surface area contributed by atoms with Crippen molar-refractivity contribution in [2.24, 2.45) is 0 Å². The normalized spacial score (nSPS) is 11.8. The number of nitrogens with zero attached hydrogens (tertiary/aromatic N) is 4. The van der Waals surface area contributed by atoms with Gasteiger partial charge in [-0.25, -0.2) is 0 Å². The van der Waals surface area contributed by atoms with Crippen molar-refractivity contribution in [2.45, 2.75) is 0 Å². The van der Waals surface area contributed by atoms with Crippen LogP contribution >= 0.6 is 0 Å². The molecule has 4 heteroatoms. The van der Waals surface area contributed by atoms with Gasteiger partial charge in [0.05, 0.1) is 49.8 Å². The van der Waals surface area contributed by atoms with Gasteiger partial charge in [0.25, 0.3) is 0 Å². The first-order valence-corrected chi connectivity index (χ1v) is 35.9. The first-order chi connectivity index (χ1) is 51.6. The first-order valence-electron chi connectivity index (χ1n) is 35.9. The van der Waals surface area contributed by atoms with Crippen LogP contribution in [-0.4, -0.2) is 18.3 Å². The quantitative estimate of drug-likeness (QED) is 0.144. The van der Waals surface area contributed by atoms with Crippen LogP contribution in [0.1, 0.15) is 0 Å². The average Bonchev–Trinajstić information content (AvgIpc) is 1.61. The Labute approximate surface area is 600 Å². The van der Waals surface area contributed by atoms with Gasteiger partial charge in [0.2, 0.25) is 0 Å². The van der Waals surface area contributed by atoms with Gasteiger partial charge in [-0.05, 0) is 210 Å². The third-order valence-corrected chi connectivity index (χ3v) is 21.8. The van der Waals surface area contributed by atoms with Gasteiger partial charge in [0.1, 0.15) is 0 Å². The van der Waals surface area contributed by atoms with Crippen molar-refractivity contribution in [3.05, 3.63) is 388 Å². The zero-order valence-corrected chi connectivity index (χ0v) is 56.7. The maximum Gasteiger partial charge on any atom is 0.0541 e. The Hall–Kier alpha value is -13.8. The van der Waals surface area contributed by atoms with Crippen LogP contribution in [0.15, 0.2) is 388 Å². The van der Waals surface area contributed by atoms with Crippen LogP contribution in [0.2, 0.25) is 0 Å². The molecule has 0 bridgehead atoms. The molecule has 104 heavy (non-hydrogen) atoms. The van der Waals surface area contributed by atoms with Gasteiger partial charge < -0.3 is 18.3 Å². The number of hydrogen-bond donors (Lipinski definition) is 0. The molecule has 4 aromatic heterocycles. The summed E-state index contributed by atoms with van der Waals surface area (Å²) >= 11 is 0. The van der Waals surface area contributed by atoms with Crippen molar-refractivity contribution in [3.8, 4) is 67.3 Å². The lowest BCUT2D eigenvalue weighted by atomic mass is 9.95. The Morgan fingerprint density at radius 3 is 0.971 bits per heavy atom. The van der Waals surface area contributed by atoms with Gasteiger partial charge >= 0.3 is 0 Å². The van der Waals surface area contributed by atoms with Crippen molar-refractivity contribution < 1.29 is 0 Å². The van der Waals surface area contributed by atoms with E-state index in [4.69, 9.17) is 0 Å². The van der Waals surface area contributed by atoms with E-state index >= 15 is 0 Å². The zero-order chi connectivity index (χ0) is 68.3. The van der Waals surface area contributed by atoms with Crippen LogP contribution in [0.25, 0.3) is 198 Å². The molecule has 0 radical (unpaired) electrons. The van der Waals surface area contributed by atoms with Crippen LogP contribution in [0.4, 0.5) is 0 Å². The van der Waals surface area contributed by atoms with Gasteiger partial charge in [-0.2, -0.15) is 0 Å². The SMILES string of the molecule is c1ccc(-n2c3ccccc3c3cc(-c4ccc5c(c4)c4ccccc4n5-c4ccc(-c5ccc6ccccc6c5)c5ccccc45)ccc32)cc1.c1ccc(-n2c3ccccc3c3cc(-c4ccc5c(c4)c4ccccc4n5-c4ccc5cc(-c6cccc7ccccc67)ccc5c4)ccc32)cc1. The van der Waals surface area contributed by atoms with Gasteiger partial charge in [0, 0.05) is 65.5 Å². The summed E-state index contributed by atoms with van der Waals surface area (Å²) in [7, 11) is 0. The molecular weight excluding hydrogens is 1260 g/mol. The number of aromatic nitrogens is 4. The molecule has 0 saturated carbocycles. The summed E-state index contributed by atoms with van der Waals surface area (Å²) in [5.74, 6) is 0. The maximum atomic E-state index is 2.46. The highest BCUT2D eigenvalue weighted by molar-refractivity contribution is 6.16. The molecule has 484 valence electrons. The second-order valence-corrected chi connectivity index (χ2v) is 27.5. The molecule has 0 atom stereocenters. The third-order valence-electron chi connectivity index (χ3n) is 21.8. The minimum Gasteiger partial charge on any atom is -0.309 e. The lowest BCUT2D eigenvalue weighted by molar-refractivity contribution is 1.18.